The first kappa shape index (κ1) is 10.4. The normalized spacial score (nSPS) is 10.5. The van der Waals surface area contributed by atoms with E-state index in [1.807, 2.05) is 19.1 Å². The zero-order valence-corrected chi connectivity index (χ0v) is 9.94. The van der Waals surface area contributed by atoms with Gasteiger partial charge in [-0.25, -0.2) is 9.97 Å². The number of rotatable bonds is 3. The summed E-state index contributed by atoms with van der Waals surface area (Å²) in [5, 5.41) is 2.06. The van der Waals surface area contributed by atoms with Crippen molar-refractivity contribution < 1.29 is 0 Å². The fourth-order valence-corrected chi connectivity index (χ4v) is 2.92. The van der Waals surface area contributed by atoms with E-state index < -0.39 is 0 Å². The Labute approximate surface area is 96.8 Å². The number of aromatic nitrogens is 2. The Bertz CT molecular complexity index is 453. The Morgan fingerprint density at radius 3 is 3.07 bits per heavy atom. The molecule has 3 nitrogen and oxygen atoms in total. The van der Waals surface area contributed by atoms with Crippen LogP contribution in [-0.2, 0) is 5.75 Å². The predicted octanol–water partition coefficient (Wildman–Crippen LogP) is 2.72. The molecule has 0 aliphatic rings. The highest BCUT2D eigenvalue weighted by molar-refractivity contribution is 8.00. The lowest BCUT2D eigenvalue weighted by Gasteiger charge is -1.99. The van der Waals surface area contributed by atoms with E-state index in [-0.39, 0.29) is 0 Å². The summed E-state index contributed by atoms with van der Waals surface area (Å²) in [5.41, 5.74) is 7.86. The van der Waals surface area contributed by atoms with E-state index in [9.17, 15) is 0 Å². The first-order valence-corrected chi connectivity index (χ1v) is 6.36. The quantitative estimate of drug-likeness (QED) is 0.834. The number of thioether (sulfide) groups is 1. The summed E-state index contributed by atoms with van der Waals surface area (Å²) in [6, 6.07) is 3.87. The molecule has 2 N–H and O–H groups in total. The average molecular weight is 237 g/mol. The second-order valence-electron chi connectivity index (χ2n) is 3.13. The van der Waals surface area contributed by atoms with Crippen molar-refractivity contribution in [3.05, 3.63) is 35.0 Å². The molecule has 0 fully saturated rings. The van der Waals surface area contributed by atoms with Crippen LogP contribution < -0.4 is 5.73 Å². The van der Waals surface area contributed by atoms with E-state index >= 15 is 0 Å². The lowest BCUT2D eigenvalue weighted by atomic mass is 10.3. The molecule has 0 atom stereocenters. The largest absolute Gasteiger partial charge is 0.384 e. The summed E-state index contributed by atoms with van der Waals surface area (Å²) >= 11 is 3.41. The summed E-state index contributed by atoms with van der Waals surface area (Å²) in [6.07, 6.45) is 1.73. The van der Waals surface area contributed by atoms with Gasteiger partial charge < -0.3 is 5.73 Å². The summed E-state index contributed by atoms with van der Waals surface area (Å²) < 4.78 is 1.10. The van der Waals surface area contributed by atoms with Crippen LogP contribution in [0.1, 0.15) is 11.3 Å². The van der Waals surface area contributed by atoms with Crippen molar-refractivity contribution in [2.45, 2.75) is 17.0 Å². The number of nitrogen functional groups attached to an aromatic ring is 1. The van der Waals surface area contributed by atoms with Crippen LogP contribution in [0.25, 0.3) is 0 Å². The fourth-order valence-electron chi connectivity index (χ4n) is 1.13. The molecule has 5 heteroatoms. The maximum absolute atomic E-state index is 5.60. The van der Waals surface area contributed by atoms with Gasteiger partial charge in [0.1, 0.15) is 10.2 Å². The van der Waals surface area contributed by atoms with Gasteiger partial charge in [-0.3, -0.25) is 0 Å². The van der Waals surface area contributed by atoms with Crippen LogP contribution in [0.2, 0.25) is 0 Å². The number of hydrogen-bond donors (Lipinski definition) is 1. The summed E-state index contributed by atoms with van der Waals surface area (Å²) in [4.78, 5) is 8.34. The molecule has 0 unspecified atom stereocenters. The van der Waals surface area contributed by atoms with E-state index in [1.165, 1.54) is 5.56 Å². The van der Waals surface area contributed by atoms with Crippen LogP contribution in [0.15, 0.2) is 28.0 Å². The molecule has 0 amide bonds. The summed E-state index contributed by atoms with van der Waals surface area (Å²) in [6.45, 7) is 2.00. The van der Waals surface area contributed by atoms with Crippen LogP contribution in [-0.4, -0.2) is 9.97 Å². The highest BCUT2D eigenvalue weighted by atomic mass is 32.2. The monoisotopic (exact) mass is 237 g/mol. The standard InChI is InChI=1S/C10H11N3S2/c1-7-5-14-10(13-7)15-6-8-2-3-12-9(11)4-8/h2-5H,6H2,1H3,(H2,11,12). The van der Waals surface area contributed by atoms with Gasteiger partial charge in [0.05, 0.1) is 0 Å². The SMILES string of the molecule is Cc1csc(SCc2ccnc(N)c2)n1. The highest BCUT2D eigenvalue weighted by Crippen LogP contribution is 2.25. The van der Waals surface area contributed by atoms with Crippen LogP contribution >= 0.6 is 23.1 Å². The molecule has 0 aromatic carbocycles. The molecule has 2 rings (SSSR count). The van der Waals surface area contributed by atoms with E-state index in [0.29, 0.717) is 5.82 Å². The molecular formula is C10H11N3S2. The van der Waals surface area contributed by atoms with Gasteiger partial charge >= 0.3 is 0 Å². The molecule has 2 heterocycles. The third-order valence-electron chi connectivity index (χ3n) is 1.81. The molecule has 2 aromatic heterocycles. The molecule has 0 bridgehead atoms. The van der Waals surface area contributed by atoms with Crippen molar-refractivity contribution in [1.82, 2.24) is 9.97 Å². The molecule has 15 heavy (non-hydrogen) atoms. The number of anilines is 1. The minimum Gasteiger partial charge on any atom is -0.384 e. The highest BCUT2D eigenvalue weighted by Gasteiger charge is 2.00. The van der Waals surface area contributed by atoms with Crippen molar-refractivity contribution in [3.8, 4) is 0 Å². The van der Waals surface area contributed by atoms with Crippen molar-refractivity contribution >= 4 is 28.9 Å². The minimum absolute atomic E-state index is 0.573. The van der Waals surface area contributed by atoms with Gasteiger partial charge in [0.15, 0.2) is 0 Å². The van der Waals surface area contributed by atoms with E-state index in [4.69, 9.17) is 5.73 Å². The van der Waals surface area contributed by atoms with E-state index in [1.54, 1.807) is 29.3 Å². The fraction of sp³-hybridized carbons (Fsp3) is 0.200. The summed E-state index contributed by atoms with van der Waals surface area (Å²) in [5.74, 6) is 1.46. The third-order valence-corrected chi connectivity index (χ3v) is 4.02. The molecule has 78 valence electrons. The number of thiazole rings is 1. The van der Waals surface area contributed by atoms with Gasteiger partial charge in [-0.2, -0.15) is 0 Å². The number of nitrogens with two attached hydrogens (primary N) is 1. The van der Waals surface area contributed by atoms with Crippen LogP contribution in [0, 0.1) is 6.92 Å². The van der Waals surface area contributed by atoms with Crippen molar-refractivity contribution in [1.29, 1.82) is 0 Å². The van der Waals surface area contributed by atoms with Gasteiger partial charge in [0.25, 0.3) is 0 Å². The molecule has 0 aliphatic carbocycles. The Hall–Kier alpha value is -1.07. The second kappa shape index (κ2) is 4.63. The maximum atomic E-state index is 5.60. The lowest BCUT2D eigenvalue weighted by molar-refractivity contribution is 1.16. The van der Waals surface area contributed by atoms with Gasteiger partial charge in [-0.05, 0) is 24.6 Å². The van der Waals surface area contributed by atoms with Gasteiger partial charge in [-0.15, -0.1) is 11.3 Å². The van der Waals surface area contributed by atoms with Gasteiger partial charge in [0.2, 0.25) is 0 Å². The van der Waals surface area contributed by atoms with Crippen molar-refractivity contribution in [2.75, 3.05) is 5.73 Å². The number of aryl methyl sites for hydroxylation is 1. The maximum Gasteiger partial charge on any atom is 0.150 e. The lowest BCUT2D eigenvalue weighted by Crippen LogP contribution is -1.90. The number of pyridine rings is 1. The second-order valence-corrected chi connectivity index (χ2v) is 5.21. The molecular weight excluding hydrogens is 226 g/mol. The van der Waals surface area contributed by atoms with E-state index in [2.05, 4.69) is 15.3 Å². The Morgan fingerprint density at radius 2 is 2.40 bits per heavy atom. The average Bonchev–Trinajstić information content (AvgIpc) is 2.62. The number of nitrogens with zero attached hydrogens (tertiary/aromatic N) is 2. The Balaban J connectivity index is 1.99. The third kappa shape index (κ3) is 2.94. The van der Waals surface area contributed by atoms with Crippen molar-refractivity contribution in [2.24, 2.45) is 0 Å². The Morgan fingerprint density at radius 1 is 1.53 bits per heavy atom. The van der Waals surface area contributed by atoms with Crippen molar-refractivity contribution in [3.63, 3.8) is 0 Å². The smallest absolute Gasteiger partial charge is 0.150 e. The van der Waals surface area contributed by atoms with Crippen LogP contribution in [0.3, 0.4) is 0 Å². The zero-order valence-electron chi connectivity index (χ0n) is 8.30. The van der Waals surface area contributed by atoms with Crippen LogP contribution in [0.5, 0.6) is 0 Å². The Kier molecular flexibility index (Phi) is 3.23. The number of hydrogen-bond acceptors (Lipinski definition) is 5. The molecule has 0 spiro atoms. The topological polar surface area (TPSA) is 51.8 Å². The molecule has 0 radical (unpaired) electrons. The summed E-state index contributed by atoms with van der Waals surface area (Å²) in [7, 11) is 0. The molecule has 0 saturated carbocycles. The van der Waals surface area contributed by atoms with E-state index in [0.717, 1.165) is 15.8 Å². The first-order chi connectivity index (χ1) is 7.24. The minimum atomic E-state index is 0.573. The van der Waals surface area contributed by atoms with Gasteiger partial charge in [0, 0.05) is 23.0 Å². The molecule has 0 saturated heterocycles. The first-order valence-electron chi connectivity index (χ1n) is 4.49. The predicted molar refractivity (Wildman–Crippen MR) is 65.1 cm³/mol. The van der Waals surface area contributed by atoms with Crippen LogP contribution in [0.4, 0.5) is 5.82 Å². The molecule has 2 aromatic rings. The zero-order chi connectivity index (χ0) is 10.7. The van der Waals surface area contributed by atoms with Gasteiger partial charge in [-0.1, -0.05) is 11.8 Å². The molecule has 0 aliphatic heterocycles.